The minimum Gasteiger partial charge on any atom is -0.382 e. The normalized spacial score (nSPS) is 10.3. The number of amides is 2. The first kappa shape index (κ1) is 18.7. The van der Waals surface area contributed by atoms with Crippen LogP contribution in [0.2, 0.25) is 0 Å². The molecule has 0 atom stereocenters. The molecule has 0 heterocycles. The Balaban J connectivity index is 2.02. The second-order valence-corrected chi connectivity index (χ2v) is 5.68. The lowest BCUT2D eigenvalue weighted by Crippen LogP contribution is -2.26. The fourth-order valence-corrected chi connectivity index (χ4v) is 2.39. The number of aryl methyl sites for hydroxylation is 1. The van der Waals surface area contributed by atoms with Crippen molar-refractivity contribution in [3.63, 3.8) is 0 Å². The molecule has 2 aromatic carbocycles. The third kappa shape index (κ3) is 5.72. The van der Waals surface area contributed by atoms with E-state index in [0.717, 1.165) is 12.0 Å². The molecule has 0 fully saturated rings. The molecule has 0 unspecified atom stereocenters. The Morgan fingerprint density at radius 2 is 1.84 bits per heavy atom. The van der Waals surface area contributed by atoms with Crippen LogP contribution in [-0.2, 0) is 4.74 Å². The highest BCUT2D eigenvalue weighted by Gasteiger charge is 2.13. The average molecular weight is 340 g/mol. The van der Waals surface area contributed by atoms with Gasteiger partial charge < -0.3 is 15.4 Å². The van der Waals surface area contributed by atoms with Gasteiger partial charge in [-0.2, -0.15) is 0 Å². The Morgan fingerprint density at radius 1 is 1.04 bits per heavy atom. The second kappa shape index (κ2) is 9.59. The van der Waals surface area contributed by atoms with E-state index in [9.17, 15) is 9.59 Å². The second-order valence-electron chi connectivity index (χ2n) is 5.68. The molecular formula is C20H24N2O3. The van der Waals surface area contributed by atoms with E-state index in [2.05, 4.69) is 10.6 Å². The molecule has 5 nitrogen and oxygen atoms in total. The van der Waals surface area contributed by atoms with Crippen LogP contribution in [0, 0.1) is 6.92 Å². The topological polar surface area (TPSA) is 67.4 Å². The molecule has 2 N–H and O–H groups in total. The Hall–Kier alpha value is -2.66. The summed E-state index contributed by atoms with van der Waals surface area (Å²) in [6, 6.07) is 14.3. The summed E-state index contributed by atoms with van der Waals surface area (Å²) in [6.07, 6.45) is 0.747. The maximum Gasteiger partial charge on any atom is 0.255 e. The van der Waals surface area contributed by atoms with Gasteiger partial charge in [-0.15, -0.1) is 0 Å². The molecule has 2 rings (SSSR count). The number of ether oxygens (including phenoxy) is 1. The van der Waals surface area contributed by atoms with E-state index >= 15 is 0 Å². The summed E-state index contributed by atoms with van der Waals surface area (Å²) in [4.78, 5) is 24.8. The van der Waals surface area contributed by atoms with Gasteiger partial charge in [0.1, 0.15) is 0 Å². The molecule has 132 valence electrons. The fraction of sp³-hybridized carbons (Fsp3) is 0.300. The monoisotopic (exact) mass is 340 g/mol. The van der Waals surface area contributed by atoms with Gasteiger partial charge in [0.15, 0.2) is 0 Å². The fourth-order valence-electron chi connectivity index (χ4n) is 2.39. The van der Waals surface area contributed by atoms with Gasteiger partial charge in [-0.1, -0.05) is 29.8 Å². The Morgan fingerprint density at radius 3 is 2.60 bits per heavy atom. The van der Waals surface area contributed by atoms with Crippen molar-refractivity contribution in [1.29, 1.82) is 0 Å². The molecule has 0 aliphatic heterocycles. The van der Waals surface area contributed by atoms with Gasteiger partial charge in [0.2, 0.25) is 0 Å². The highest BCUT2D eigenvalue weighted by atomic mass is 16.5. The van der Waals surface area contributed by atoms with Crippen LogP contribution < -0.4 is 10.6 Å². The SMILES string of the molecule is CCOCCCNC(=O)c1ccccc1NC(=O)c1cccc(C)c1. The number of hydrogen-bond donors (Lipinski definition) is 2. The van der Waals surface area contributed by atoms with Crippen LogP contribution >= 0.6 is 0 Å². The molecule has 0 spiro atoms. The third-order valence-corrected chi connectivity index (χ3v) is 3.66. The van der Waals surface area contributed by atoms with Crippen molar-refractivity contribution >= 4 is 17.5 Å². The number of carbonyl (C=O) groups excluding carboxylic acids is 2. The van der Waals surface area contributed by atoms with Crippen LogP contribution in [0.3, 0.4) is 0 Å². The molecule has 0 aliphatic carbocycles. The number of nitrogens with one attached hydrogen (secondary N) is 2. The highest BCUT2D eigenvalue weighted by molar-refractivity contribution is 6.09. The summed E-state index contributed by atoms with van der Waals surface area (Å²) in [5, 5.41) is 5.67. The lowest BCUT2D eigenvalue weighted by atomic mass is 10.1. The molecule has 0 saturated carbocycles. The largest absolute Gasteiger partial charge is 0.382 e. The van der Waals surface area contributed by atoms with E-state index < -0.39 is 0 Å². The Bertz CT molecular complexity index is 728. The van der Waals surface area contributed by atoms with Crippen LogP contribution in [0.25, 0.3) is 0 Å². The van der Waals surface area contributed by atoms with Crippen molar-refractivity contribution in [2.24, 2.45) is 0 Å². The zero-order valence-electron chi connectivity index (χ0n) is 14.7. The average Bonchev–Trinajstić information content (AvgIpc) is 2.62. The molecular weight excluding hydrogens is 316 g/mol. The van der Waals surface area contributed by atoms with Crippen LogP contribution in [0.5, 0.6) is 0 Å². The predicted octanol–water partition coefficient (Wildman–Crippen LogP) is 3.40. The van der Waals surface area contributed by atoms with Crippen molar-refractivity contribution < 1.29 is 14.3 Å². The van der Waals surface area contributed by atoms with E-state index in [4.69, 9.17) is 4.74 Å². The van der Waals surface area contributed by atoms with Crippen LogP contribution in [0.15, 0.2) is 48.5 Å². The third-order valence-electron chi connectivity index (χ3n) is 3.66. The molecule has 5 heteroatoms. The standard InChI is InChI=1S/C20H24N2O3/c1-3-25-13-7-12-21-20(24)17-10-4-5-11-18(17)22-19(23)16-9-6-8-15(2)14-16/h4-6,8-11,14H,3,7,12-13H2,1-2H3,(H,21,24)(H,22,23). The van der Waals surface area contributed by atoms with Gasteiger partial charge >= 0.3 is 0 Å². The van der Waals surface area contributed by atoms with Crippen molar-refractivity contribution in [3.05, 3.63) is 65.2 Å². The number of hydrogen-bond acceptors (Lipinski definition) is 3. The van der Waals surface area contributed by atoms with Crippen molar-refractivity contribution in [1.82, 2.24) is 5.32 Å². The van der Waals surface area contributed by atoms with E-state index in [0.29, 0.717) is 36.6 Å². The van der Waals surface area contributed by atoms with Crippen molar-refractivity contribution in [3.8, 4) is 0 Å². The minimum absolute atomic E-state index is 0.211. The Kier molecular flexibility index (Phi) is 7.16. The van der Waals surface area contributed by atoms with Gasteiger partial charge in [0.25, 0.3) is 11.8 Å². The first-order valence-corrected chi connectivity index (χ1v) is 8.44. The van der Waals surface area contributed by atoms with E-state index in [1.807, 2.05) is 32.0 Å². The van der Waals surface area contributed by atoms with Gasteiger partial charge in [0.05, 0.1) is 11.3 Å². The van der Waals surface area contributed by atoms with E-state index in [-0.39, 0.29) is 11.8 Å². The van der Waals surface area contributed by atoms with Gasteiger partial charge in [-0.25, -0.2) is 0 Å². The number of benzene rings is 2. The maximum atomic E-state index is 12.4. The van der Waals surface area contributed by atoms with E-state index in [1.54, 1.807) is 30.3 Å². The molecule has 25 heavy (non-hydrogen) atoms. The first-order valence-electron chi connectivity index (χ1n) is 8.44. The molecule has 0 saturated heterocycles. The molecule has 2 aromatic rings. The molecule has 0 bridgehead atoms. The van der Waals surface area contributed by atoms with Gasteiger partial charge in [-0.3, -0.25) is 9.59 Å². The summed E-state index contributed by atoms with van der Waals surface area (Å²) >= 11 is 0. The van der Waals surface area contributed by atoms with Crippen molar-refractivity contribution in [2.45, 2.75) is 20.3 Å². The van der Waals surface area contributed by atoms with Crippen LogP contribution in [-0.4, -0.2) is 31.6 Å². The highest BCUT2D eigenvalue weighted by Crippen LogP contribution is 2.16. The van der Waals surface area contributed by atoms with Gasteiger partial charge in [-0.05, 0) is 44.5 Å². The van der Waals surface area contributed by atoms with Gasteiger partial charge in [0, 0.05) is 25.3 Å². The zero-order chi connectivity index (χ0) is 18.1. The number of para-hydroxylation sites is 1. The van der Waals surface area contributed by atoms with Crippen LogP contribution in [0.1, 0.15) is 39.6 Å². The lowest BCUT2D eigenvalue weighted by Gasteiger charge is -2.12. The first-order chi connectivity index (χ1) is 12.1. The summed E-state index contributed by atoms with van der Waals surface area (Å²) < 4.78 is 5.25. The maximum absolute atomic E-state index is 12.4. The van der Waals surface area contributed by atoms with Crippen LogP contribution in [0.4, 0.5) is 5.69 Å². The quantitative estimate of drug-likeness (QED) is 0.724. The number of anilines is 1. The Labute approximate surface area is 148 Å². The summed E-state index contributed by atoms with van der Waals surface area (Å²) in [6.45, 7) is 5.68. The molecule has 2 amide bonds. The number of carbonyl (C=O) groups is 2. The lowest BCUT2D eigenvalue weighted by molar-refractivity contribution is 0.0945. The number of rotatable bonds is 8. The smallest absolute Gasteiger partial charge is 0.255 e. The van der Waals surface area contributed by atoms with E-state index in [1.165, 1.54) is 0 Å². The molecule has 0 aromatic heterocycles. The minimum atomic E-state index is -0.236. The summed E-state index contributed by atoms with van der Waals surface area (Å²) in [5.41, 5.74) is 2.51. The summed E-state index contributed by atoms with van der Waals surface area (Å²) in [7, 11) is 0. The summed E-state index contributed by atoms with van der Waals surface area (Å²) in [5.74, 6) is -0.447. The zero-order valence-corrected chi connectivity index (χ0v) is 14.7. The molecule has 0 aliphatic rings. The van der Waals surface area contributed by atoms with Crippen molar-refractivity contribution in [2.75, 3.05) is 25.1 Å². The molecule has 0 radical (unpaired) electrons. The predicted molar refractivity (Wildman–Crippen MR) is 99.0 cm³/mol.